The lowest BCUT2D eigenvalue weighted by atomic mass is 10.2. The molecule has 2 rings (SSSR count). The van der Waals surface area contributed by atoms with E-state index in [1.54, 1.807) is 11.4 Å². The molecule has 1 aromatic heterocycles. The highest BCUT2D eigenvalue weighted by Crippen LogP contribution is 2.22. The summed E-state index contributed by atoms with van der Waals surface area (Å²) >= 11 is 1.33. The Morgan fingerprint density at radius 3 is 2.62 bits per heavy atom. The van der Waals surface area contributed by atoms with Gasteiger partial charge in [0.25, 0.3) is 5.91 Å². The highest BCUT2D eigenvalue weighted by molar-refractivity contribution is 7.12. The molecule has 1 aromatic carbocycles. The molecular weight excluding hydrogens is 284 g/mol. The molecule has 0 aliphatic rings. The van der Waals surface area contributed by atoms with E-state index in [9.17, 15) is 9.59 Å². The zero-order chi connectivity index (χ0) is 15.1. The molecule has 0 atom stereocenters. The van der Waals surface area contributed by atoms with E-state index < -0.39 is 0 Å². The third-order valence-electron chi connectivity index (χ3n) is 2.92. The summed E-state index contributed by atoms with van der Waals surface area (Å²) in [6, 6.07) is 11.5. The molecule has 4 nitrogen and oxygen atoms in total. The molecular formula is C16H18N2O2S. The van der Waals surface area contributed by atoms with Gasteiger partial charge < -0.3 is 10.6 Å². The lowest BCUT2D eigenvalue weighted by Gasteiger charge is -2.07. The Bertz CT molecular complexity index is 608. The number of thiophene rings is 1. The number of benzene rings is 1. The fourth-order valence-electron chi connectivity index (χ4n) is 1.88. The van der Waals surface area contributed by atoms with Crippen molar-refractivity contribution in [1.82, 2.24) is 5.32 Å². The van der Waals surface area contributed by atoms with E-state index in [-0.39, 0.29) is 11.8 Å². The number of hydrogen-bond donors (Lipinski definition) is 2. The summed E-state index contributed by atoms with van der Waals surface area (Å²) in [5, 5.41) is 7.45. The van der Waals surface area contributed by atoms with Crippen molar-refractivity contribution in [3.05, 3.63) is 52.2 Å². The monoisotopic (exact) mass is 302 g/mol. The fourth-order valence-corrected chi connectivity index (χ4v) is 2.65. The molecule has 0 spiro atoms. The minimum Gasteiger partial charge on any atom is -0.347 e. The number of hydrogen-bond acceptors (Lipinski definition) is 3. The molecule has 2 N–H and O–H groups in total. The maximum atomic E-state index is 12.2. The highest BCUT2D eigenvalue weighted by atomic mass is 32.1. The van der Waals surface area contributed by atoms with Crippen molar-refractivity contribution in [3.63, 3.8) is 0 Å². The molecule has 0 fully saturated rings. The van der Waals surface area contributed by atoms with E-state index in [0.717, 1.165) is 12.0 Å². The van der Waals surface area contributed by atoms with Crippen LogP contribution in [-0.2, 0) is 11.3 Å². The third kappa shape index (κ3) is 4.43. The van der Waals surface area contributed by atoms with Crippen molar-refractivity contribution in [2.75, 3.05) is 5.32 Å². The van der Waals surface area contributed by atoms with E-state index in [2.05, 4.69) is 10.6 Å². The van der Waals surface area contributed by atoms with Gasteiger partial charge in [-0.25, -0.2) is 0 Å². The van der Waals surface area contributed by atoms with E-state index in [1.165, 1.54) is 11.3 Å². The number of nitrogens with one attached hydrogen (secondary N) is 2. The predicted octanol–water partition coefficient (Wildman–Crippen LogP) is 3.42. The summed E-state index contributed by atoms with van der Waals surface area (Å²) in [4.78, 5) is 24.4. The summed E-state index contributed by atoms with van der Waals surface area (Å²) < 4.78 is 0. The van der Waals surface area contributed by atoms with E-state index >= 15 is 0 Å². The standard InChI is InChI=1S/C16H18N2O2S/c1-2-6-14(19)18-13-9-10-21-15(13)16(20)17-11-12-7-4-3-5-8-12/h3-5,7-10H,2,6,11H2,1H3,(H,17,20)(H,18,19). The minimum absolute atomic E-state index is 0.0620. The molecule has 0 saturated carbocycles. The first-order valence-electron chi connectivity index (χ1n) is 6.90. The van der Waals surface area contributed by atoms with Crippen LogP contribution in [0.4, 0.5) is 5.69 Å². The summed E-state index contributed by atoms with van der Waals surface area (Å²) in [6.07, 6.45) is 1.24. The first-order chi connectivity index (χ1) is 10.2. The molecule has 5 heteroatoms. The van der Waals surface area contributed by atoms with Crippen LogP contribution >= 0.6 is 11.3 Å². The summed E-state index contributed by atoms with van der Waals surface area (Å²) in [5.41, 5.74) is 1.63. The van der Waals surface area contributed by atoms with Crippen LogP contribution in [0.3, 0.4) is 0 Å². The van der Waals surface area contributed by atoms with Gasteiger partial charge in [0.15, 0.2) is 0 Å². The minimum atomic E-state index is -0.166. The molecule has 2 amide bonds. The zero-order valence-electron chi connectivity index (χ0n) is 11.9. The lowest BCUT2D eigenvalue weighted by Crippen LogP contribution is -2.23. The van der Waals surface area contributed by atoms with Gasteiger partial charge >= 0.3 is 0 Å². The van der Waals surface area contributed by atoms with Gasteiger partial charge in [-0.3, -0.25) is 9.59 Å². The Labute approximate surface area is 128 Å². The second-order valence-corrected chi connectivity index (χ2v) is 5.55. The summed E-state index contributed by atoms with van der Waals surface area (Å²) in [7, 11) is 0. The van der Waals surface area contributed by atoms with Crippen LogP contribution in [0.1, 0.15) is 35.0 Å². The van der Waals surface area contributed by atoms with Crippen LogP contribution in [0.25, 0.3) is 0 Å². The van der Waals surface area contributed by atoms with Crippen LogP contribution < -0.4 is 10.6 Å². The Morgan fingerprint density at radius 1 is 1.14 bits per heavy atom. The SMILES string of the molecule is CCCC(=O)Nc1ccsc1C(=O)NCc1ccccc1. The Morgan fingerprint density at radius 2 is 1.90 bits per heavy atom. The average Bonchev–Trinajstić information content (AvgIpc) is 2.94. The average molecular weight is 302 g/mol. The van der Waals surface area contributed by atoms with Gasteiger partial charge in [-0.2, -0.15) is 0 Å². The maximum Gasteiger partial charge on any atom is 0.263 e. The molecule has 0 saturated heterocycles. The smallest absolute Gasteiger partial charge is 0.263 e. The first kappa shape index (κ1) is 15.3. The number of anilines is 1. The molecule has 0 aliphatic heterocycles. The van der Waals surface area contributed by atoms with Crippen molar-refractivity contribution in [3.8, 4) is 0 Å². The normalized spacial score (nSPS) is 10.1. The number of rotatable bonds is 6. The Kier molecular flexibility index (Phi) is 5.51. The van der Waals surface area contributed by atoms with Gasteiger partial charge in [0.2, 0.25) is 5.91 Å². The van der Waals surface area contributed by atoms with Crippen molar-refractivity contribution < 1.29 is 9.59 Å². The molecule has 21 heavy (non-hydrogen) atoms. The van der Waals surface area contributed by atoms with E-state index in [0.29, 0.717) is 23.5 Å². The predicted molar refractivity (Wildman–Crippen MR) is 85.5 cm³/mol. The largest absolute Gasteiger partial charge is 0.347 e. The van der Waals surface area contributed by atoms with Gasteiger partial charge in [-0.1, -0.05) is 37.3 Å². The van der Waals surface area contributed by atoms with Crippen LogP contribution in [0.2, 0.25) is 0 Å². The van der Waals surface area contributed by atoms with Crippen molar-refractivity contribution in [1.29, 1.82) is 0 Å². The fraction of sp³-hybridized carbons (Fsp3) is 0.250. The van der Waals surface area contributed by atoms with Crippen LogP contribution in [0, 0.1) is 0 Å². The molecule has 0 aliphatic carbocycles. The highest BCUT2D eigenvalue weighted by Gasteiger charge is 2.14. The van der Waals surface area contributed by atoms with Crippen LogP contribution in [0.5, 0.6) is 0 Å². The van der Waals surface area contributed by atoms with Crippen molar-refractivity contribution in [2.45, 2.75) is 26.3 Å². The molecule has 0 radical (unpaired) electrons. The van der Waals surface area contributed by atoms with Crippen molar-refractivity contribution >= 4 is 28.8 Å². The van der Waals surface area contributed by atoms with Crippen LogP contribution in [0.15, 0.2) is 41.8 Å². The van der Waals surface area contributed by atoms with Gasteiger partial charge in [0.1, 0.15) is 4.88 Å². The topological polar surface area (TPSA) is 58.2 Å². The summed E-state index contributed by atoms with van der Waals surface area (Å²) in [6.45, 7) is 2.42. The second-order valence-electron chi connectivity index (χ2n) is 4.63. The van der Waals surface area contributed by atoms with Gasteiger partial charge in [0.05, 0.1) is 5.69 Å². The van der Waals surface area contributed by atoms with Gasteiger partial charge in [-0.05, 0) is 23.4 Å². The van der Waals surface area contributed by atoms with Crippen LogP contribution in [-0.4, -0.2) is 11.8 Å². The Balaban J connectivity index is 1.96. The molecule has 2 aromatic rings. The molecule has 0 bridgehead atoms. The maximum absolute atomic E-state index is 12.2. The number of carbonyl (C=O) groups is 2. The van der Waals surface area contributed by atoms with Gasteiger partial charge in [0, 0.05) is 13.0 Å². The number of amides is 2. The quantitative estimate of drug-likeness (QED) is 0.859. The second kappa shape index (κ2) is 7.59. The first-order valence-corrected chi connectivity index (χ1v) is 7.78. The third-order valence-corrected chi connectivity index (χ3v) is 3.83. The Hall–Kier alpha value is -2.14. The van der Waals surface area contributed by atoms with Crippen molar-refractivity contribution in [2.24, 2.45) is 0 Å². The van der Waals surface area contributed by atoms with Gasteiger partial charge in [-0.15, -0.1) is 11.3 Å². The molecule has 1 heterocycles. The number of carbonyl (C=O) groups excluding carboxylic acids is 2. The van der Waals surface area contributed by atoms with E-state index in [1.807, 2.05) is 37.3 Å². The van der Waals surface area contributed by atoms with E-state index in [4.69, 9.17) is 0 Å². The molecule has 110 valence electrons. The summed E-state index contributed by atoms with van der Waals surface area (Å²) in [5.74, 6) is -0.228. The zero-order valence-corrected chi connectivity index (χ0v) is 12.7. The lowest BCUT2D eigenvalue weighted by molar-refractivity contribution is -0.116. The molecule has 0 unspecified atom stereocenters.